The second-order valence-electron chi connectivity index (χ2n) is 14.3. The van der Waals surface area contributed by atoms with Crippen LogP contribution in [0.4, 0.5) is 8.78 Å². The maximum atomic E-state index is 15.1. The van der Waals surface area contributed by atoms with Crippen LogP contribution in [0.3, 0.4) is 0 Å². The number of halogens is 2. The molecule has 0 radical (unpaired) electrons. The van der Waals surface area contributed by atoms with Gasteiger partial charge in [-0.1, -0.05) is 37.1 Å². The molecule has 0 aromatic heterocycles. The molecule has 232 valence electrons. The summed E-state index contributed by atoms with van der Waals surface area (Å²) in [6.07, 6.45) is 6.90. The fraction of sp³-hybridized carbons (Fsp3) is 0.600. The van der Waals surface area contributed by atoms with Gasteiger partial charge in [0.25, 0.3) is 0 Å². The van der Waals surface area contributed by atoms with Gasteiger partial charge in [-0.2, -0.15) is 0 Å². The van der Waals surface area contributed by atoms with Crippen molar-refractivity contribution in [3.63, 3.8) is 0 Å². The molecule has 6 nitrogen and oxygen atoms in total. The van der Waals surface area contributed by atoms with Crippen molar-refractivity contribution in [2.24, 2.45) is 11.8 Å². The van der Waals surface area contributed by atoms with Crippen molar-refractivity contribution in [1.29, 1.82) is 0 Å². The topological polar surface area (TPSA) is 64.1 Å². The van der Waals surface area contributed by atoms with Gasteiger partial charge in [0.2, 0.25) is 5.91 Å². The number of fused-ring (bicyclic) bond motifs is 1. The largest absolute Gasteiger partial charge is 0.480 e. The summed E-state index contributed by atoms with van der Waals surface area (Å²) in [5.41, 5.74) is 3.97. The Morgan fingerprint density at radius 2 is 1.74 bits per heavy atom. The molecule has 2 aliphatic heterocycles. The van der Waals surface area contributed by atoms with Gasteiger partial charge in [-0.25, -0.2) is 8.78 Å². The molecule has 0 bridgehead atoms. The van der Waals surface area contributed by atoms with Gasteiger partial charge in [-0.05, 0) is 87.1 Å². The van der Waals surface area contributed by atoms with Crippen LogP contribution in [0.15, 0.2) is 36.4 Å². The number of aryl methyl sites for hydroxylation is 2. The molecule has 0 spiro atoms. The van der Waals surface area contributed by atoms with Gasteiger partial charge in [0.15, 0.2) is 0 Å². The average molecular weight is 594 g/mol. The second-order valence-corrected chi connectivity index (χ2v) is 14.3. The van der Waals surface area contributed by atoms with E-state index in [1.54, 1.807) is 0 Å². The third kappa shape index (κ3) is 6.51. The molecule has 1 amide bonds. The standard InChI is InChI=1S/C35H45F2N3O3/c1-35(2,3)39-20-29(28-12-11-26(36)18-31(28)37)30(21-39)33(41)40-14-13-38(19-27(40)16-22-7-8-22)32(34(42)43)17-23-9-10-24-5-4-6-25(24)15-23/h9-12,15,18,22,27,29-30,32H,4-8,13-14,16-17,19-21H2,1-3H3,(H,42,43)/t27-,29-,30+,32-/m0/s1. The van der Waals surface area contributed by atoms with E-state index in [9.17, 15) is 19.1 Å². The van der Waals surface area contributed by atoms with Crippen molar-refractivity contribution >= 4 is 11.9 Å². The molecule has 6 rings (SSSR count). The monoisotopic (exact) mass is 593 g/mol. The summed E-state index contributed by atoms with van der Waals surface area (Å²) in [4.78, 5) is 33.3. The Balaban J connectivity index is 1.23. The van der Waals surface area contributed by atoms with Crippen molar-refractivity contribution in [2.45, 2.75) is 89.3 Å². The molecule has 1 saturated carbocycles. The molecular formula is C35H45F2N3O3. The van der Waals surface area contributed by atoms with Crippen LogP contribution >= 0.6 is 0 Å². The Morgan fingerprint density at radius 3 is 2.44 bits per heavy atom. The molecule has 8 heteroatoms. The first-order valence-corrected chi connectivity index (χ1v) is 16.1. The van der Waals surface area contributed by atoms with Gasteiger partial charge >= 0.3 is 5.97 Å². The van der Waals surface area contributed by atoms with Crippen LogP contribution in [0.1, 0.15) is 74.6 Å². The van der Waals surface area contributed by atoms with E-state index in [1.165, 1.54) is 23.3 Å². The van der Waals surface area contributed by atoms with Crippen molar-refractivity contribution in [3.05, 3.63) is 70.3 Å². The number of piperazine rings is 1. The van der Waals surface area contributed by atoms with Gasteiger partial charge in [0, 0.05) is 56.3 Å². The van der Waals surface area contributed by atoms with E-state index in [0.29, 0.717) is 50.6 Å². The highest BCUT2D eigenvalue weighted by molar-refractivity contribution is 5.81. The number of amides is 1. The fourth-order valence-electron chi connectivity index (χ4n) is 7.67. The molecule has 4 aliphatic rings. The highest BCUT2D eigenvalue weighted by Crippen LogP contribution is 2.41. The Kier molecular flexibility index (Phi) is 8.37. The lowest BCUT2D eigenvalue weighted by Crippen LogP contribution is -2.60. The highest BCUT2D eigenvalue weighted by atomic mass is 19.1. The van der Waals surface area contributed by atoms with Gasteiger partial charge in [0.05, 0.1) is 5.92 Å². The Hall–Kier alpha value is -2.84. The summed E-state index contributed by atoms with van der Waals surface area (Å²) < 4.78 is 28.9. The summed E-state index contributed by atoms with van der Waals surface area (Å²) in [6.45, 7) is 8.79. The molecule has 2 saturated heterocycles. The molecule has 43 heavy (non-hydrogen) atoms. The molecule has 2 heterocycles. The summed E-state index contributed by atoms with van der Waals surface area (Å²) in [5, 5.41) is 10.3. The zero-order chi connectivity index (χ0) is 30.5. The lowest BCUT2D eigenvalue weighted by atomic mass is 9.86. The molecule has 1 N–H and O–H groups in total. The smallest absolute Gasteiger partial charge is 0.321 e. The number of aliphatic carboxylic acids is 1. The number of benzene rings is 2. The molecule has 4 atom stereocenters. The minimum absolute atomic E-state index is 0.0104. The second kappa shape index (κ2) is 11.9. The van der Waals surface area contributed by atoms with Crippen molar-refractivity contribution in [1.82, 2.24) is 14.7 Å². The molecule has 2 aromatic rings. The normalized spacial score (nSPS) is 25.6. The number of rotatable bonds is 8. The third-order valence-corrected chi connectivity index (χ3v) is 10.4. The minimum atomic E-state index is -0.825. The number of carboxylic acids is 1. The zero-order valence-corrected chi connectivity index (χ0v) is 25.7. The molecule has 3 fully saturated rings. The predicted molar refractivity (Wildman–Crippen MR) is 162 cm³/mol. The van der Waals surface area contributed by atoms with Crippen LogP contribution in [-0.2, 0) is 28.9 Å². The van der Waals surface area contributed by atoms with Gasteiger partial charge < -0.3 is 10.0 Å². The van der Waals surface area contributed by atoms with E-state index in [2.05, 4.69) is 48.8 Å². The first kappa shape index (κ1) is 30.2. The van der Waals surface area contributed by atoms with Crippen molar-refractivity contribution in [3.8, 4) is 0 Å². The number of carboxylic acid groups (broad SMARTS) is 1. The van der Waals surface area contributed by atoms with Crippen molar-refractivity contribution in [2.75, 3.05) is 32.7 Å². The first-order chi connectivity index (χ1) is 20.5. The minimum Gasteiger partial charge on any atom is -0.480 e. The molecule has 2 aromatic carbocycles. The number of carbonyl (C=O) groups excluding carboxylic acids is 1. The Labute approximate surface area is 254 Å². The molecular weight excluding hydrogens is 548 g/mol. The molecule has 2 aliphatic carbocycles. The third-order valence-electron chi connectivity index (χ3n) is 10.4. The fourth-order valence-corrected chi connectivity index (χ4v) is 7.67. The highest BCUT2D eigenvalue weighted by Gasteiger charge is 2.47. The van der Waals surface area contributed by atoms with E-state index < -0.39 is 29.6 Å². The van der Waals surface area contributed by atoms with E-state index in [0.717, 1.165) is 50.2 Å². The number of nitrogens with zero attached hydrogens (tertiary/aromatic N) is 3. The maximum absolute atomic E-state index is 15.1. The van der Waals surface area contributed by atoms with Gasteiger partial charge in [-0.3, -0.25) is 19.4 Å². The Morgan fingerprint density at radius 1 is 0.977 bits per heavy atom. The molecule has 0 unspecified atom stereocenters. The lowest BCUT2D eigenvalue weighted by molar-refractivity contribution is -0.147. The number of hydrogen-bond acceptors (Lipinski definition) is 4. The van der Waals surface area contributed by atoms with E-state index in [-0.39, 0.29) is 23.4 Å². The van der Waals surface area contributed by atoms with Gasteiger partial charge in [-0.15, -0.1) is 0 Å². The van der Waals surface area contributed by atoms with Crippen LogP contribution in [-0.4, -0.2) is 82.0 Å². The van der Waals surface area contributed by atoms with Crippen LogP contribution in [0.2, 0.25) is 0 Å². The summed E-state index contributed by atoms with van der Waals surface area (Å²) in [6, 6.07) is 9.39. The van der Waals surface area contributed by atoms with Crippen LogP contribution < -0.4 is 0 Å². The summed E-state index contributed by atoms with van der Waals surface area (Å²) in [5.74, 6) is -2.31. The quantitative estimate of drug-likeness (QED) is 0.452. The lowest BCUT2D eigenvalue weighted by Gasteiger charge is -2.45. The number of carbonyl (C=O) groups is 2. The predicted octanol–water partition coefficient (Wildman–Crippen LogP) is 5.28. The average Bonchev–Trinajstić information content (AvgIpc) is 3.45. The van der Waals surface area contributed by atoms with Crippen molar-refractivity contribution < 1.29 is 23.5 Å². The maximum Gasteiger partial charge on any atom is 0.321 e. The SMILES string of the molecule is CC(C)(C)N1C[C@@H](C(=O)N2CCN([C@@H](Cc3ccc4c(c3)CCC4)C(=O)O)C[C@@H]2CC2CC2)[C@H](c2ccc(F)cc2F)C1. The number of likely N-dealkylation sites (tertiary alicyclic amines) is 1. The van der Waals surface area contributed by atoms with Crippen LogP contribution in [0.5, 0.6) is 0 Å². The van der Waals surface area contributed by atoms with E-state index >= 15 is 4.39 Å². The zero-order valence-electron chi connectivity index (χ0n) is 25.7. The number of hydrogen-bond donors (Lipinski definition) is 1. The van der Waals surface area contributed by atoms with E-state index in [1.807, 2.05) is 4.90 Å². The van der Waals surface area contributed by atoms with Crippen LogP contribution in [0, 0.1) is 23.5 Å². The van der Waals surface area contributed by atoms with Gasteiger partial charge in [0.1, 0.15) is 17.7 Å². The van der Waals surface area contributed by atoms with E-state index in [4.69, 9.17) is 0 Å². The summed E-state index contributed by atoms with van der Waals surface area (Å²) in [7, 11) is 0. The first-order valence-electron chi connectivity index (χ1n) is 16.1. The Bertz CT molecular complexity index is 1370. The summed E-state index contributed by atoms with van der Waals surface area (Å²) >= 11 is 0. The van der Waals surface area contributed by atoms with Crippen LogP contribution in [0.25, 0.3) is 0 Å².